The maximum absolute atomic E-state index is 11.7. The van der Waals surface area contributed by atoms with Gasteiger partial charge in [-0.25, -0.2) is 5.43 Å². The van der Waals surface area contributed by atoms with Crippen molar-refractivity contribution in [2.45, 2.75) is 19.1 Å². The Labute approximate surface area is 125 Å². The minimum Gasteiger partial charge on any atom is -0.347 e. The van der Waals surface area contributed by atoms with Crippen LogP contribution in [-0.2, 0) is 14.3 Å². The normalized spacial score (nSPS) is 17.8. The molecule has 5 nitrogen and oxygen atoms in total. The van der Waals surface area contributed by atoms with Gasteiger partial charge in [0.2, 0.25) is 5.91 Å². The van der Waals surface area contributed by atoms with Crippen molar-refractivity contribution in [3.63, 3.8) is 0 Å². The standard InChI is InChI=1S/C13H15IN2O3/c1-13(18-5-6-19-13)8-12(17)16-15-9-10-3-2-4-11(14)7-10/h2-4,7,9H,5-6,8H2,1H3,(H,16,17). The van der Waals surface area contributed by atoms with Gasteiger partial charge in [0.25, 0.3) is 0 Å². The highest BCUT2D eigenvalue weighted by molar-refractivity contribution is 14.1. The highest BCUT2D eigenvalue weighted by Gasteiger charge is 2.33. The smallest absolute Gasteiger partial charge is 0.245 e. The van der Waals surface area contributed by atoms with Crippen molar-refractivity contribution in [2.75, 3.05) is 13.2 Å². The molecule has 1 heterocycles. The Kier molecular flexibility index (Phi) is 4.89. The van der Waals surface area contributed by atoms with Crippen molar-refractivity contribution in [1.82, 2.24) is 5.43 Å². The van der Waals surface area contributed by atoms with Gasteiger partial charge in [-0.2, -0.15) is 5.10 Å². The third-order valence-electron chi connectivity index (χ3n) is 2.63. The Morgan fingerprint density at radius 2 is 2.26 bits per heavy atom. The van der Waals surface area contributed by atoms with Gasteiger partial charge in [-0.15, -0.1) is 0 Å². The molecule has 0 atom stereocenters. The van der Waals surface area contributed by atoms with Gasteiger partial charge in [-0.05, 0) is 47.2 Å². The van der Waals surface area contributed by atoms with Gasteiger partial charge in [0.15, 0.2) is 5.79 Å². The van der Waals surface area contributed by atoms with E-state index < -0.39 is 5.79 Å². The molecular formula is C13H15IN2O3. The van der Waals surface area contributed by atoms with Crippen LogP contribution >= 0.6 is 22.6 Å². The maximum atomic E-state index is 11.7. The number of benzene rings is 1. The average molecular weight is 374 g/mol. The number of hydrogen-bond acceptors (Lipinski definition) is 4. The van der Waals surface area contributed by atoms with Crippen LogP contribution in [0, 0.1) is 3.57 Å². The van der Waals surface area contributed by atoms with Crippen LogP contribution in [0.15, 0.2) is 29.4 Å². The van der Waals surface area contributed by atoms with E-state index >= 15 is 0 Å². The molecule has 0 aromatic heterocycles. The van der Waals surface area contributed by atoms with Gasteiger partial charge in [0.1, 0.15) is 0 Å². The molecule has 1 aromatic carbocycles. The Balaban J connectivity index is 1.83. The van der Waals surface area contributed by atoms with E-state index in [1.165, 1.54) is 0 Å². The fourth-order valence-electron chi connectivity index (χ4n) is 1.76. The Morgan fingerprint density at radius 3 is 2.95 bits per heavy atom. The monoisotopic (exact) mass is 374 g/mol. The van der Waals surface area contributed by atoms with E-state index in [0.717, 1.165) is 9.13 Å². The summed E-state index contributed by atoms with van der Waals surface area (Å²) in [6.45, 7) is 2.80. The van der Waals surface area contributed by atoms with Gasteiger partial charge < -0.3 is 9.47 Å². The van der Waals surface area contributed by atoms with Crippen LogP contribution in [0.2, 0.25) is 0 Å². The molecule has 19 heavy (non-hydrogen) atoms. The van der Waals surface area contributed by atoms with Crippen molar-refractivity contribution in [1.29, 1.82) is 0 Å². The number of nitrogens with zero attached hydrogens (tertiary/aromatic N) is 1. The van der Waals surface area contributed by atoms with Gasteiger partial charge in [-0.1, -0.05) is 12.1 Å². The van der Waals surface area contributed by atoms with Gasteiger partial charge in [0, 0.05) is 3.57 Å². The van der Waals surface area contributed by atoms with Gasteiger partial charge >= 0.3 is 0 Å². The average Bonchev–Trinajstić information content (AvgIpc) is 2.75. The summed E-state index contributed by atoms with van der Waals surface area (Å²) in [6, 6.07) is 7.82. The van der Waals surface area contributed by atoms with E-state index in [0.29, 0.717) is 13.2 Å². The Bertz CT molecular complexity index is 485. The summed E-state index contributed by atoms with van der Waals surface area (Å²) >= 11 is 2.22. The van der Waals surface area contributed by atoms with Crippen molar-refractivity contribution >= 4 is 34.7 Å². The summed E-state index contributed by atoms with van der Waals surface area (Å²) in [5.41, 5.74) is 3.41. The molecule has 6 heteroatoms. The summed E-state index contributed by atoms with van der Waals surface area (Å²) in [6.07, 6.45) is 1.75. The predicted molar refractivity (Wildman–Crippen MR) is 79.8 cm³/mol. The number of carbonyl (C=O) groups is 1. The number of amides is 1. The van der Waals surface area contributed by atoms with Crippen LogP contribution in [0.25, 0.3) is 0 Å². The lowest BCUT2D eigenvalue weighted by Crippen LogP contribution is -2.33. The second kappa shape index (κ2) is 6.44. The zero-order valence-electron chi connectivity index (χ0n) is 10.6. The predicted octanol–water partition coefficient (Wildman–Crippen LogP) is 1.89. The van der Waals surface area contributed by atoms with E-state index in [9.17, 15) is 4.79 Å². The number of hydrogen-bond donors (Lipinski definition) is 1. The molecule has 0 radical (unpaired) electrons. The molecule has 0 aliphatic carbocycles. The first-order valence-electron chi connectivity index (χ1n) is 5.93. The molecule has 0 bridgehead atoms. The molecule has 1 aromatic rings. The molecular weight excluding hydrogens is 359 g/mol. The first-order chi connectivity index (χ1) is 9.07. The van der Waals surface area contributed by atoms with E-state index in [2.05, 4.69) is 33.1 Å². The molecule has 0 saturated carbocycles. The summed E-state index contributed by atoms with van der Waals surface area (Å²) in [4.78, 5) is 11.7. The molecule has 1 fully saturated rings. The van der Waals surface area contributed by atoms with E-state index in [4.69, 9.17) is 9.47 Å². The minimum atomic E-state index is -0.818. The van der Waals surface area contributed by atoms with Crippen LogP contribution in [0.5, 0.6) is 0 Å². The molecule has 1 aliphatic rings. The second-order valence-corrected chi connectivity index (χ2v) is 5.60. The summed E-state index contributed by atoms with van der Waals surface area (Å²) in [5, 5.41) is 3.92. The molecule has 1 aliphatic heterocycles. The first kappa shape index (κ1) is 14.4. The summed E-state index contributed by atoms with van der Waals surface area (Å²) in [5.74, 6) is -1.05. The number of ether oxygens (including phenoxy) is 2. The third kappa shape index (κ3) is 4.55. The van der Waals surface area contributed by atoms with Crippen LogP contribution < -0.4 is 5.43 Å². The zero-order valence-corrected chi connectivity index (χ0v) is 12.7. The Morgan fingerprint density at radius 1 is 1.53 bits per heavy atom. The number of nitrogens with one attached hydrogen (secondary N) is 1. The lowest BCUT2D eigenvalue weighted by molar-refractivity contribution is -0.159. The fraction of sp³-hybridized carbons (Fsp3) is 0.385. The fourth-order valence-corrected chi connectivity index (χ4v) is 2.32. The van der Waals surface area contributed by atoms with E-state index in [1.807, 2.05) is 24.3 Å². The highest BCUT2D eigenvalue weighted by atomic mass is 127. The van der Waals surface area contributed by atoms with Crippen LogP contribution in [0.1, 0.15) is 18.9 Å². The number of halogens is 1. The molecule has 1 amide bonds. The lowest BCUT2D eigenvalue weighted by Gasteiger charge is -2.20. The molecule has 102 valence electrons. The molecule has 2 rings (SSSR count). The first-order valence-corrected chi connectivity index (χ1v) is 7.01. The van der Waals surface area contributed by atoms with Crippen molar-refractivity contribution in [3.05, 3.63) is 33.4 Å². The summed E-state index contributed by atoms with van der Waals surface area (Å²) < 4.78 is 11.8. The van der Waals surface area contributed by atoms with Crippen LogP contribution in [-0.4, -0.2) is 31.1 Å². The number of hydrazone groups is 1. The van der Waals surface area contributed by atoms with Gasteiger partial charge in [0.05, 0.1) is 25.8 Å². The zero-order chi connectivity index (χ0) is 13.7. The van der Waals surface area contributed by atoms with Crippen molar-refractivity contribution in [3.8, 4) is 0 Å². The third-order valence-corrected chi connectivity index (χ3v) is 3.30. The quantitative estimate of drug-likeness (QED) is 0.498. The Hall–Kier alpha value is -0.990. The van der Waals surface area contributed by atoms with Crippen LogP contribution in [0.4, 0.5) is 0 Å². The maximum Gasteiger partial charge on any atom is 0.245 e. The molecule has 1 N–H and O–H groups in total. The van der Waals surface area contributed by atoms with E-state index in [1.54, 1.807) is 13.1 Å². The van der Waals surface area contributed by atoms with Crippen molar-refractivity contribution < 1.29 is 14.3 Å². The number of carbonyl (C=O) groups excluding carboxylic acids is 1. The minimum absolute atomic E-state index is 0.136. The largest absolute Gasteiger partial charge is 0.347 e. The van der Waals surface area contributed by atoms with E-state index in [-0.39, 0.29) is 12.3 Å². The van der Waals surface area contributed by atoms with Gasteiger partial charge in [-0.3, -0.25) is 4.79 Å². The SMILES string of the molecule is CC1(CC(=O)NN=Cc2cccc(I)c2)OCCO1. The summed E-state index contributed by atoms with van der Waals surface area (Å²) in [7, 11) is 0. The highest BCUT2D eigenvalue weighted by Crippen LogP contribution is 2.22. The number of rotatable bonds is 4. The van der Waals surface area contributed by atoms with Crippen molar-refractivity contribution in [2.24, 2.45) is 5.10 Å². The molecule has 0 spiro atoms. The lowest BCUT2D eigenvalue weighted by atomic mass is 10.2. The van der Waals surface area contributed by atoms with Crippen LogP contribution in [0.3, 0.4) is 0 Å². The topological polar surface area (TPSA) is 59.9 Å². The molecule has 0 unspecified atom stereocenters. The second-order valence-electron chi connectivity index (χ2n) is 4.36. The molecule has 1 saturated heterocycles.